The second-order valence-corrected chi connectivity index (χ2v) is 12.4. The molecule has 42 heavy (non-hydrogen) atoms. The number of primary amides is 1. The lowest BCUT2D eigenvalue weighted by Crippen LogP contribution is -2.49. The summed E-state index contributed by atoms with van der Waals surface area (Å²) >= 11 is 1.46. The first-order valence-electron chi connectivity index (χ1n) is 14.3. The van der Waals surface area contributed by atoms with Crippen LogP contribution >= 0.6 is 11.3 Å². The summed E-state index contributed by atoms with van der Waals surface area (Å²) in [5.74, 6) is 0.206. The number of fused-ring (bicyclic) bond motifs is 2. The van der Waals surface area contributed by atoms with E-state index >= 15 is 0 Å². The van der Waals surface area contributed by atoms with Crippen molar-refractivity contribution in [3.8, 4) is 10.4 Å². The molecular formula is C32H34N4O5S. The highest BCUT2D eigenvalue weighted by Crippen LogP contribution is 2.39. The number of ether oxygens (including phenoxy) is 1. The SMILES string of the molecule is C[C@H](CC(=O)N1CCC(O)(Cn2cnc3c(-c4ccc5c(c4)CCC5OC(N)=O)scc3c2=O)CC1)c1ccccc1. The van der Waals surface area contributed by atoms with Crippen molar-refractivity contribution in [3.05, 3.63) is 87.3 Å². The summed E-state index contributed by atoms with van der Waals surface area (Å²) in [7, 11) is 0. The van der Waals surface area contributed by atoms with Crippen LogP contribution in [0.5, 0.6) is 0 Å². The molecule has 2 aromatic carbocycles. The van der Waals surface area contributed by atoms with Crippen molar-refractivity contribution < 1.29 is 19.4 Å². The molecule has 4 aromatic rings. The van der Waals surface area contributed by atoms with Crippen molar-refractivity contribution in [2.45, 2.75) is 63.2 Å². The smallest absolute Gasteiger partial charge is 0.405 e. The van der Waals surface area contributed by atoms with E-state index in [1.807, 2.05) is 52.7 Å². The third-order valence-corrected chi connectivity index (χ3v) is 9.65. The molecule has 218 valence electrons. The molecule has 2 amide bonds. The van der Waals surface area contributed by atoms with E-state index in [0.29, 0.717) is 49.7 Å². The normalized spacial score (nSPS) is 18.5. The summed E-state index contributed by atoms with van der Waals surface area (Å²) in [6.07, 6.45) is 3.09. The van der Waals surface area contributed by atoms with Crippen molar-refractivity contribution in [2.75, 3.05) is 13.1 Å². The van der Waals surface area contributed by atoms with Gasteiger partial charge in [0.2, 0.25) is 5.91 Å². The Morgan fingerprint density at radius 3 is 2.69 bits per heavy atom. The van der Waals surface area contributed by atoms with Crippen molar-refractivity contribution in [2.24, 2.45) is 5.73 Å². The van der Waals surface area contributed by atoms with E-state index in [2.05, 4.69) is 18.0 Å². The lowest BCUT2D eigenvalue weighted by Gasteiger charge is -2.38. The maximum atomic E-state index is 13.4. The molecule has 2 atom stereocenters. The number of nitrogens with zero attached hydrogens (tertiary/aromatic N) is 3. The average molecular weight is 587 g/mol. The highest BCUT2D eigenvalue weighted by atomic mass is 32.1. The van der Waals surface area contributed by atoms with Crippen LogP contribution in [0.3, 0.4) is 0 Å². The van der Waals surface area contributed by atoms with Gasteiger partial charge < -0.3 is 20.5 Å². The molecule has 2 aliphatic rings. The minimum atomic E-state index is -1.09. The lowest BCUT2D eigenvalue weighted by molar-refractivity contribution is -0.136. The minimum Gasteiger partial charge on any atom is -0.441 e. The van der Waals surface area contributed by atoms with Gasteiger partial charge in [-0.1, -0.05) is 49.4 Å². The van der Waals surface area contributed by atoms with Gasteiger partial charge in [-0.3, -0.25) is 14.2 Å². The van der Waals surface area contributed by atoms with Gasteiger partial charge in [0.15, 0.2) is 0 Å². The van der Waals surface area contributed by atoms with Gasteiger partial charge in [-0.25, -0.2) is 9.78 Å². The number of thiophene rings is 1. The number of carbonyl (C=O) groups excluding carboxylic acids is 2. The van der Waals surface area contributed by atoms with E-state index < -0.39 is 11.7 Å². The van der Waals surface area contributed by atoms with Gasteiger partial charge in [0.05, 0.1) is 34.3 Å². The first kappa shape index (κ1) is 28.1. The number of rotatable bonds is 7. The quantitative estimate of drug-likeness (QED) is 0.322. The van der Waals surface area contributed by atoms with Gasteiger partial charge in [-0.15, -0.1) is 11.3 Å². The number of aliphatic hydroxyl groups is 1. The van der Waals surface area contributed by atoms with Gasteiger partial charge in [0, 0.05) is 24.9 Å². The van der Waals surface area contributed by atoms with E-state index in [1.165, 1.54) is 22.2 Å². The maximum Gasteiger partial charge on any atom is 0.405 e. The van der Waals surface area contributed by atoms with Gasteiger partial charge in [0.1, 0.15) is 6.10 Å². The molecule has 2 aromatic heterocycles. The Morgan fingerprint density at radius 2 is 1.95 bits per heavy atom. The average Bonchev–Trinajstić information content (AvgIpc) is 3.59. The molecule has 1 saturated heterocycles. The molecule has 1 fully saturated rings. The number of benzene rings is 2. The monoisotopic (exact) mass is 586 g/mol. The van der Waals surface area contributed by atoms with Gasteiger partial charge in [0.25, 0.3) is 5.56 Å². The number of hydrogen-bond donors (Lipinski definition) is 2. The Kier molecular flexibility index (Phi) is 7.59. The number of hydrogen-bond acceptors (Lipinski definition) is 7. The van der Waals surface area contributed by atoms with Crippen LogP contribution in [0.1, 0.15) is 61.3 Å². The Balaban J connectivity index is 1.13. The largest absolute Gasteiger partial charge is 0.441 e. The van der Waals surface area contributed by atoms with E-state index in [-0.39, 0.29) is 30.0 Å². The van der Waals surface area contributed by atoms with Crippen molar-refractivity contribution in [3.63, 3.8) is 0 Å². The fraction of sp³-hybridized carbons (Fsp3) is 0.375. The number of aromatic nitrogens is 2. The number of likely N-dealkylation sites (tertiary alicyclic amines) is 1. The van der Waals surface area contributed by atoms with Crippen LogP contribution in [-0.4, -0.2) is 50.2 Å². The molecule has 6 rings (SSSR count). The fourth-order valence-corrected chi connectivity index (χ4v) is 7.19. The third-order valence-electron chi connectivity index (χ3n) is 8.63. The Labute approximate surface area is 247 Å². The third kappa shape index (κ3) is 5.56. The van der Waals surface area contributed by atoms with Crippen LogP contribution in [-0.2, 0) is 22.5 Å². The molecule has 1 unspecified atom stereocenters. The van der Waals surface area contributed by atoms with Crippen LogP contribution in [0.15, 0.2) is 65.0 Å². The zero-order valence-electron chi connectivity index (χ0n) is 23.5. The molecule has 9 nitrogen and oxygen atoms in total. The fourth-order valence-electron chi connectivity index (χ4n) is 6.20. The van der Waals surface area contributed by atoms with Crippen LogP contribution in [0.2, 0.25) is 0 Å². The first-order chi connectivity index (χ1) is 20.2. The van der Waals surface area contributed by atoms with E-state index in [4.69, 9.17) is 10.5 Å². The molecule has 1 aliphatic carbocycles. The lowest BCUT2D eigenvalue weighted by atomic mass is 9.90. The highest BCUT2D eigenvalue weighted by Gasteiger charge is 2.35. The molecule has 1 aliphatic heterocycles. The maximum absolute atomic E-state index is 13.4. The van der Waals surface area contributed by atoms with Crippen LogP contribution in [0.25, 0.3) is 21.3 Å². The number of nitrogens with two attached hydrogens (primary N) is 1. The van der Waals surface area contributed by atoms with Crippen LogP contribution < -0.4 is 11.3 Å². The summed E-state index contributed by atoms with van der Waals surface area (Å²) in [4.78, 5) is 45.0. The summed E-state index contributed by atoms with van der Waals surface area (Å²) in [6.45, 7) is 3.09. The van der Waals surface area contributed by atoms with E-state index in [0.717, 1.165) is 33.6 Å². The predicted octanol–water partition coefficient (Wildman–Crippen LogP) is 4.75. The predicted molar refractivity (Wildman–Crippen MR) is 161 cm³/mol. The molecule has 0 radical (unpaired) electrons. The topological polar surface area (TPSA) is 128 Å². The van der Waals surface area contributed by atoms with E-state index in [9.17, 15) is 19.5 Å². The highest BCUT2D eigenvalue weighted by molar-refractivity contribution is 7.15. The van der Waals surface area contributed by atoms with Crippen molar-refractivity contribution >= 4 is 34.2 Å². The molecule has 3 heterocycles. The second-order valence-electron chi connectivity index (χ2n) is 11.5. The minimum absolute atomic E-state index is 0.0851. The molecule has 0 saturated carbocycles. The Morgan fingerprint density at radius 1 is 1.19 bits per heavy atom. The van der Waals surface area contributed by atoms with E-state index in [1.54, 1.807) is 0 Å². The molecule has 0 spiro atoms. The molecule has 3 N–H and O–H groups in total. The Bertz CT molecular complexity index is 1690. The molecular weight excluding hydrogens is 552 g/mol. The van der Waals surface area contributed by atoms with Gasteiger partial charge in [-0.05, 0) is 59.9 Å². The van der Waals surface area contributed by atoms with Crippen LogP contribution in [0.4, 0.5) is 4.79 Å². The van der Waals surface area contributed by atoms with Gasteiger partial charge in [-0.2, -0.15) is 0 Å². The summed E-state index contributed by atoms with van der Waals surface area (Å²) in [6, 6.07) is 16.0. The summed E-state index contributed by atoms with van der Waals surface area (Å²) in [5, 5.41) is 13.7. The summed E-state index contributed by atoms with van der Waals surface area (Å²) in [5.41, 5.74) is 8.70. The molecule has 0 bridgehead atoms. The Hall–Kier alpha value is -4.02. The zero-order chi connectivity index (χ0) is 29.4. The van der Waals surface area contributed by atoms with Crippen molar-refractivity contribution in [1.82, 2.24) is 14.5 Å². The second kappa shape index (κ2) is 11.3. The first-order valence-corrected chi connectivity index (χ1v) is 15.2. The summed E-state index contributed by atoms with van der Waals surface area (Å²) < 4.78 is 6.72. The number of amides is 2. The van der Waals surface area contributed by atoms with Crippen LogP contribution in [0, 0.1) is 0 Å². The van der Waals surface area contributed by atoms with Crippen molar-refractivity contribution in [1.29, 1.82) is 0 Å². The number of aryl methyl sites for hydroxylation is 1. The zero-order valence-corrected chi connectivity index (χ0v) is 24.3. The molecule has 10 heteroatoms. The van der Waals surface area contributed by atoms with Gasteiger partial charge >= 0.3 is 6.09 Å². The standard InChI is InChI=1S/C32H34N4O5S/c1-20(21-5-3-2-4-6-21)15-27(37)35-13-11-32(40,12-14-35)18-36-19-34-28-25(30(36)38)17-42-29(28)23-7-9-24-22(16-23)8-10-26(24)41-31(33)39/h2-7,9,16-17,19-20,26,40H,8,10-15,18H2,1H3,(H2,33,39)/t20-,26?/m1/s1. The number of carbonyl (C=O) groups is 2. The number of piperidine rings is 1.